The van der Waals surface area contributed by atoms with Crippen LogP contribution < -0.4 is 10.2 Å². The van der Waals surface area contributed by atoms with Crippen molar-refractivity contribution in [2.75, 3.05) is 17.7 Å². The van der Waals surface area contributed by atoms with Gasteiger partial charge in [-0.2, -0.15) is 18.2 Å². The number of thioether (sulfide) groups is 1. The van der Waals surface area contributed by atoms with E-state index in [4.69, 9.17) is 12.2 Å². The Kier molecular flexibility index (Phi) is 10.9. The first-order valence-corrected chi connectivity index (χ1v) is 17.0. The Morgan fingerprint density at radius 1 is 1.10 bits per heavy atom. The largest absolute Gasteiger partial charge is 0.416 e. The summed E-state index contributed by atoms with van der Waals surface area (Å²) in [6.45, 7) is 7.63. The average Bonchev–Trinajstić information content (AvgIpc) is 3.69. The first-order chi connectivity index (χ1) is 23.2. The fourth-order valence-corrected chi connectivity index (χ4v) is 6.45. The molecule has 0 saturated carbocycles. The summed E-state index contributed by atoms with van der Waals surface area (Å²) < 4.78 is 40.2. The third-order valence-corrected chi connectivity index (χ3v) is 9.27. The molecular weight excluding hydrogens is 672 g/mol. The summed E-state index contributed by atoms with van der Waals surface area (Å²) in [5.41, 5.74) is 4.33. The fraction of sp³-hybridized carbons (Fsp3) is 0.314. The van der Waals surface area contributed by atoms with Gasteiger partial charge in [0.05, 0.1) is 22.7 Å². The molecule has 0 aliphatic carbocycles. The van der Waals surface area contributed by atoms with Crippen molar-refractivity contribution in [3.8, 4) is 17.1 Å². The first kappa shape index (κ1) is 35.7. The van der Waals surface area contributed by atoms with Crippen LogP contribution in [0.25, 0.3) is 17.1 Å². The van der Waals surface area contributed by atoms with Crippen LogP contribution in [0.5, 0.6) is 0 Å². The molecule has 0 spiro atoms. The lowest BCUT2D eigenvalue weighted by molar-refractivity contribution is -0.137. The van der Waals surface area contributed by atoms with Crippen LogP contribution in [0.3, 0.4) is 0 Å². The van der Waals surface area contributed by atoms with Crippen LogP contribution in [0, 0.1) is 6.92 Å². The summed E-state index contributed by atoms with van der Waals surface area (Å²) >= 11 is 6.96. The second-order valence-electron chi connectivity index (χ2n) is 12.0. The van der Waals surface area contributed by atoms with Crippen LogP contribution in [0.15, 0.2) is 78.0 Å². The molecular formula is C35H36F3N7O2S2. The number of hydrogen-bond acceptors (Lipinski definition) is 6. The Balaban J connectivity index is 1.26. The Morgan fingerprint density at radius 3 is 2.43 bits per heavy atom. The maximum atomic E-state index is 13.0. The number of amidine groups is 1. The van der Waals surface area contributed by atoms with E-state index in [1.165, 1.54) is 41.8 Å². The highest BCUT2D eigenvalue weighted by atomic mass is 32.2. The third kappa shape index (κ3) is 8.54. The smallest absolute Gasteiger partial charge is 0.341 e. The number of thiocarbonyl (C=S) groups is 1. The number of nitrogens with one attached hydrogen (secondary N) is 1. The lowest BCUT2D eigenvalue weighted by Gasteiger charge is -2.29. The summed E-state index contributed by atoms with van der Waals surface area (Å²) in [5, 5.41) is 8.30. The van der Waals surface area contributed by atoms with Crippen molar-refractivity contribution in [1.82, 2.24) is 25.0 Å². The predicted molar refractivity (Wildman–Crippen MR) is 191 cm³/mol. The SMILES string of the molecule is CC(=O)N(C)C(CCc1ccc(-c2ncn(-c3ccc(C(F)(F)F)cc3)n2)cc1)NC(=S)/N=C1\SCC(=O)N1c1cc(C)ccc1C(C)C. The summed E-state index contributed by atoms with van der Waals surface area (Å²) in [4.78, 5) is 37.6. The van der Waals surface area contributed by atoms with Crippen molar-refractivity contribution < 1.29 is 22.8 Å². The molecule has 1 aliphatic heterocycles. The molecule has 1 fully saturated rings. The molecule has 1 aliphatic rings. The molecule has 256 valence electrons. The Bertz CT molecular complexity index is 1870. The summed E-state index contributed by atoms with van der Waals surface area (Å²) in [5.74, 6) is 0.664. The highest BCUT2D eigenvalue weighted by Gasteiger charge is 2.33. The zero-order chi connectivity index (χ0) is 35.5. The molecule has 5 rings (SSSR count). The van der Waals surface area contributed by atoms with Crippen LogP contribution in [0.1, 0.15) is 55.4 Å². The van der Waals surface area contributed by atoms with E-state index in [0.717, 1.165) is 40.1 Å². The number of carbonyl (C=O) groups excluding carboxylic acids is 2. The minimum atomic E-state index is -4.41. The molecule has 2 heterocycles. The first-order valence-electron chi connectivity index (χ1n) is 15.6. The number of hydrogen-bond donors (Lipinski definition) is 1. The molecule has 0 bridgehead atoms. The highest BCUT2D eigenvalue weighted by Crippen LogP contribution is 2.34. The molecule has 1 aromatic heterocycles. The maximum absolute atomic E-state index is 13.0. The minimum Gasteiger partial charge on any atom is -0.341 e. The Labute approximate surface area is 292 Å². The van der Waals surface area contributed by atoms with E-state index in [2.05, 4.69) is 34.2 Å². The molecule has 14 heteroatoms. The number of rotatable bonds is 9. The summed E-state index contributed by atoms with van der Waals surface area (Å²) in [6.07, 6.45) is -2.30. The van der Waals surface area contributed by atoms with E-state index in [-0.39, 0.29) is 28.6 Å². The van der Waals surface area contributed by atoms with Crippen LogP contribution in [0.2, 0.25) is 0 Å². The van der Waals surface area contributed by atoms with Gasteiger partial charge in [0, 0.05) is 19.5 Å². The predicted octanol–water partition coefficient (Wildman–Crippen LogP) is 7.13. The van der Waals surface area contributed by atoms with Crippen molar-refractivity contribution in [2.24, 2.45) is 4.99 Å². The second-order valence-corrected chi connectivity index (χ2v) is 13.3. The number of aromatic nitrogens is 3. The quantitative estimate of drug-likeness (QED) is 0.146. The van der Waals surface area contributed by atoms with Crippen molar-refractivity contribution >= 4 is 51.8 Å². The van der Waals surface area contributed by atoms with E-state index in [0.29, 0.717) is 29.5 Å². The number of aryl methyl sites for hydroxylation is 2. The van der Waals surface area contributed by atoms with Gasteiger partial charge in [-0.3, -0.25) is 14.5 Å². The zero-order valence-electron chi connectivity index (χ0n) is 27.7. The van der Waals surface area contributed by atoms with Gasteiger partial charge in [-0.05, 0) is 84.9 Å². The molecule has 1 saturated heterocycles. The molecule has 49 heavy (non-hydrogen) atoms. The van der Waals surface area contributed by atoms with E-state index in [1.807, 2.05) is 49.4 Å². The summed E-state index contributed by atoms with van der Waals surface area (Å²) in [6, 6.07) is 18.4. The van der Waals surface area contributed by atoms with E-state index >= 15 is 0 Å². The van der Waals surface area contributed by atoms with Crippen molar-refractivity contribution in [2.45, 2.75) is 58.8 Å². The molecule has 1 atom stereocenters. The summed E-state index contributed by atoms with van der Waals surface area (Å²) in [7, 11) is 1.69. The minimum absolute atomic E-state index is 0.0681. The van der Waals surface area contributed by atoms with Gasteiger partial charge in [0.25, 0.3) is 0 Å². The number of aliphatic imine (C=N–C) groups is 1. The van der Waals surface area contributed by atoms with Gasteiger partial charge in [0.2, 0.25) is 11.8 Å². The molecule has 1 N–H and O–H groups in total. The maximum Gasteiger partial charge on any atom is 0.416 e. The van der Waals surface area contributed by atoms with Crippen LogP contribution in [0.4, 0.5) is 18.9 Å². The highest BCUT2D eigenvalue weighted by molar-refractivity contribution is 8.15. The van der Waals surface area contributed by atoms with E-state index in [9.17, 15) is 22.8 Å². The van der Waals surface area contributed by atoms with Gasteiger partial charge in [-0.25, -0.2) is 9.67 Å². The third-order valence-electron chi connectivity index (χ3n) is 8.14. The number of benzene rings is 3. The van der Waals surface area contributed by atoms with Gasteiger partial charge < -0.3 is 10.2 Å². The van der Waals surface area contributed by atoms with E-state index < -0.39 is 17.9 Å². The van der Waals surface area contributed by atoms with Gasteiger partial charge in [-0.15, -0.1) is 5.10 Å². The van der Waals surface area contributed by atoms with Crippen molar-refractivity contribution in [1.29, 1.82) is 0 Å². The monoisotopic (exact) mass is 707 g/mol. The molecule has 3 aromatic carbocycles. The van der Waals surface area contributed by atoms with Crippen molar-refractivity contribution in [3.63, 3.8) is 0 Å². The number of amides is 2. The average molecular weight is 708 g/mol. The second kappa shape index (κ2) is 14.9. The molecule has 4 aromatic rings. The standard InChI is InChI=1S/C35H36F3N7O2S2/c1-21(2)28-16-6-22(3)18-29(28)45-31(47)19-49-34(45)41-33(48)40-30(43(5)23(4)46)17-9-24-7-10-25(11-8-24)32-39-20-44(42-32)27-14-12-26(13-15-27)35(36,37)38/h6-8,10-16,18,20-21,30H,9,17,19H2,1-5H3,(H,40,48)/b41-34-. The topological polar surface area (TPSA) is 95.7 Å². The van der Waals surface area contributed by atoms with Gasteiger partial charge in [-0.1, -0.05) is 62.0 Å². The van der Waals surface area contributed by atoms with Crippen LogP contribution in [-0.4, -0.2) is 60.7 Å². The number of anilines is 1. The molecule has 1 unspecified atom stereocenters. The lowest BCUT2D eigenvalue weighted by Crippen LogP contribution is -2.48. The fourth-order valence-electron chi connectivity index (χ4n) is 5.31. The lowest BCUT2D eigenvalue weighted by atomic mass is 9.99. The zero-order valence-corrected chi connectivity index (χ0v) is 29.3. The Hall–Kier alpha value is -4.56. The number of halogens is 3. The van der Waals surface area contributed by atoms with Gasteiger partial charge >= 0.3 is 6.18 Å². The Morgan fingerprint density at radius 2 is 1.80 bits per heavy atom. The van der Waals surface area contributed by atoms with Gasteiger partial charge in [0.15, 0.2) is 16.1 Å². The number of alkyl halides is 3. The molecule has 0 radical (unpaired) electrons. The number of carbonyl (C=O) groups is 2. The van der Waals surface area contributed by atoms with Gasteiger partial charge in [0.1, 0.15) is 12.5 Å². The van der Waals surface area contributed by atoms with Crippen LogP contribution in [-0.2, 0) is 22.2 Å². The van der Waals surface area contributed by atoms with Crippen LogP contribution >= 0.6 is 24.0 Å². The normalized spacial score (nSPS) is 14.8. The number of nitrogens with zero attached hydrogens (tertiary/aromatic N) is 6. The molecule has 9 nitrogen and oxygen atoms in total. The molecule has 2 amide bonds. The van der Waals surface area contributed by atoms with E-state index in [1.54, 1.807) is 16.8 Å². The van der Waals surface area contributed by atoms with Crippen molar-refractivity contribution in [3.05, 3.63) is 95.3 Å².